The zero-order valence-corrected chi connectivity index (χ0v) is 18.2. The van der Waals surface area contributed by atoms with E-state index < -0.39 is 6.10 Å². The van der Waals surface area contributed by atoms with Crippen molar-refractivity contribution in [1.82, 2.24) is 20.2 Å². The van der Waals surface area contributed by atoms with Gasteiger partial charge in [0.2, 0.25) is 5.91 Å². The Labute approximate surface area is 187 Å². The van der Waals surface area contributed by atoms with Crippen LogP contribution in [0.25, 0.3) is 10.9 Å². The summed E-state index contributed by atoms with van der Waals surface area (Å²) in [7, 11) is 1.63. The van der Waals surface area contributed by atoms with E-state index in [2.05, 4.69) is 25.5 Å². The van der Waals surface area contributed by atoms with Crippen molar-refractivity contribution in [2.24, 2.45) is 0 Å². The van der Waals surface area contributed by atoms with Crippen LogP contribution in [0.15, 0.2) is 55.0 Å². The quantitative estimate of drug-likeness (QED) is 0.499. The zero-order valence-electron chi connectivity index (χ0n) is 18.2. The number of anilines is 1. The van der Waals surface area contributed by atoms with Gasteiger partial charge in [0.05, 0.1) is 25.3 Å². The number of carbonyl (C=O) groups excluding carboxylic acids is 1. The van der Waals surface area contributed by atoms with E-state index in [4.69, 9.17) is 4.74 Å². The first-order valence-corrected chi connectivity index (χ1v) is 10.9. The normalized spacial score (nSPS) is 16.1. The summed E-state index contributed by atoms with van der Waals surface area (Å²) in [5.41, 5.74) is 2.45. The Balaban J connectivity index is 1.26. The lowest BCUT2D eigenvalue weighted by Gasteiger charge is -2.33. The van der Waals surface area contributed by atoms with Crippen LogP contribution >= 0.6 is 0 Å². The molecule has 8 nitrogen and oxygen atoms in total. The number of benzene rings is 1. The maximum absolute atomic E-state index is 12.1. The highest BCUT2D eigenvalue weighted by Gasteiger charge is 2.23. The number of ether oxygens (including phenoxy) is 1. The summed E-state index contributed by atoms with van der Waals surface area (Å²) in [5.74, 6) is 0.688. The second kappa shape index (κ2) is 10.5. The maximum atomic E-state index is 12.1. The number of amides is 1. The van der Waals surface area contributed by atoms with E-state index in [-0.39, 0.29) is 18.5 Å². The Morgan fingerprint density at radius 3 is 2.72 bits per heavy atom. The number of hydrogen-bond donors (Lipinski definition) is 3. The molecule has 0 unspecified atom stereocenters. The van der Waals surface area contributed by atoms with Gasteiger partial charge in [-0.2, -0.15) is 0 Å². The van der Waals surface area contributed by atoms with Crippen molar-refractivity contribution in [3.05, 3.63) is 60.6 Å². The van der Waals surface area contributed by atoms with Crippen molar-refractivity contribution in [2.45, 2.75) is 25.0 Å². The molecule has 1 aromatic carbocycles. The van der Waals surface area contributed by atoms with Crippen LogP contribution in [0.4, 0.5) is 5.69 Å². The summed E-state index contributed by atoms with van der Waals surface area (Å²) in [6.45, 7) is 2.58. The molecule has 1 aliphatic heterocycles. The lowest BCUT2D eigenvalue weighted by atomic mass is 10.0. The second-order valence-corrected chi connectivity index (χ2v) is 8.04. The number of likely N-dealkylation sites (tertiary alicyclic amines) is 1. The van der Waals surface area contributed by atoms with Crippen molar-refractivity contribution >= 4 is 22.5 Å². The molecule has 32 heavy (non-hydrogen) atoms. The number of rotatable bonds is 8. The lowest BCUT2D eigenvalue weighted by molar-refractivity contribution is -0.115. The van der Waals surface area contributed by atoms with Crippen LogP contribution in [0.1, 0.15) is 24.5 Å². The van der Waals surface area contributed by atoms with Gasteiger partial charge < -0.3 is 25.4 Å². The molecule has 4 rings (SSSR count). The molecule has 0 saturated carbocycles. The molecular formula is C24H29N5O3. The van der Waals surface area contributed by atoms with Gasteiger partial charge in [-0.15, -0.1) is 0 Å². The average molecular weight is 436 g/mol. The second-order valence-electron chi connectivity index (χ2n) is 8.04. The van der Waals surface area contributed by atoms with E-state index in [1.165, 1.54) is 0 Å². The van der Waals surface area contributed by atoms with Crippen LogP contribution in [0.2, 0.25) is 0 Å². The van der Waals surface area contributed by atoms with Crippen LogP contribution in [0, 0.1) is 0 Å². The molecule has 1 amide bonds. The number of piperidine rings is 1. The van der Waals surface area contributed by atoms with Crippen LogP contribution in [-0.2, 0) is 4.79 Å². The van der Waals surface area contributed by atoms with E-state index >= 15 is 0 Å². The van der Waals surface area contributed by atoms with Crippen LogP contribution < -0.4 is 15.4 Å². The SMILES string of the molecule is COc1ccc2nccc([C@H](O)CN3CCC(NCC(=O)Nc4ccncc4)CC3)c2c1. The van der Waals surface area contributed by atoms with Gasteiger partial charge in [0.15, 0.2) is 0 Å². The van der Waals surface area contributed by atoms with E-state index in [1.807, 2.05) is 24.3 Å². The number of nitrogens with one attached hydrogen (secondary N) is 2. The maximum Gasteiger partial charge on any atom is 0.238 e. The number of fused-ring (bicyclic) bond motifs is 1. The molecule has 0 spiro atoms. The standard InChI is InChI=1S/C24H29N5O3/c1-32-19-2-3-22-21(14-19)20(6-11-26-22)23(30)16-29-12-7-17(8-13-29)27-15-24(31)28-18-4-9-25-10-5-18/h2-6,9-11,14,17,23,27,30H,7-8,12-13,15-16H2,1H3,(H,25,28,31)/t23-/m1/s1. The molecule has 168 valence electrons. The average Bonchev–Trinajstić information content (AvgIpc) is 2.83. The predicted molar refractivity (Wildman–Crippen MR) is 124 cm³/mol. The zero-order chi connectivity index (χ0) is 22.3. The molecule has 0 radical (unpaired) electrons. The summed E-state index contributed by atoms with van der Waals surface area (Å²) < 4.78 is 5.33. The highest BCUT2D eigenvalue weighted by molar-refractivity contribution is 5.92. The van der Waals surface area contributed by atoms with Gasteiger partial charge in [-0.05, 0) is 67.9 Å². The number of carbonyl (C=O) groups is 1. The van der Waals surface area contributed by atoms with Crippen LogP contribution in [0.5, 0.6) is 5.75 Å². The summed E-state index contributed by atoms with van der Waals surface area (Å²) in [5, 5.41) is 18.0. The van der Waals surface area contributed by atoms with Gasteiger partial charge >= 0.3 is 0 Å². The first-order valence-electron chi connectivity index (χ1n) is 10.9. The Kier molecular flexibility index (Phi) is 7.26. The Hall–Kier alpha value is -3.07. The van der Waals surface area contributed by atoms with Gasteiger partial charge in [0, 0.05) is 42.3 Å². The summed E-state index contributed by atoms with van der Waals surface area (Å²) in [6, 6.07) is 11.4. The Morgan fingerprint density at radius 2 is 1.97 bits per heavy atom. The van der Waals surface area contributed by atoms with Crippen LogP contribution in [-0.4, -0.2) is 65.2 Å². The van der Waals surface area contributed by atoms with Crippen molar-refractivity contribution < 1.29 is 14.6 Å². The van der Waals surface area contributed by atoms with E-state index in [0.29, 0.717) is 6.54 Å². The molecule has 1 aliphatic rings. The molecule has 1 atom stereocenters. The van der Waals surface area contributed by atoms with E-state index in [1.54, 1.807) is 37.8 Å². The number of aliphatic hydroxyl groups is 1. The topological polar surface area (TPSA) is 99.6 Å². The summed E-state index contributed by atoms with van der Waals surface area (Å²) in [6.07, 6.45) is 6.29. The molecule has 1 saturated heterocycles. The molecule has 0 aliphatic carbocycles. The minimum atomic E-state index is -0.608. The third-order valence-corrected chi connectivity index (χ3v) is 5.88. The number of methoxy groups -OCH3 is 1. The highest BCUT2D eigenvalue weighted by atomic mass is 16.5. The number of hydrogen-bond acceptors (Lipinski definition) is 7. The van der Waals surface area contributed by atoms with Gasteiger partial charge in [-0.1, -0.05) is 0 Å². The van der Waals surface area contributed by atoms with Crippen LogP contribution in [0.3, 0.4) is 0 Å². The number of pyridine rings is 2. The largest absolute Gasteiger partial charge is 0.497 e. The first kappa shape index (κ1) is 22.1. The molecule has 3 aromatic rings. The fourth-order valence-corrected chi connectivity index (χ4v) is 4.10. The molecule has 3 heterocycles. The smallest absolute Gasteiger partial charge is 0.238 e. The number of aliphatic hydroxyl groups excluding tert-OH is 1. The predicted octanol–water partition coefficient (Wildman–Crippen LogP) is 2.36. The monoisotopic (exact) mass is 435 g/mol. The van der Waals surface area contributed by atoms with E-state index in [9.17, 15) is 9.90 Å². The molecular weight excluding hydrogens is 406 g/mol. The first-order chi connectivity index (χ1) is 15.6. The highest BCUT2D eigenvalue weighted by Crippen LogP contribution is 2.27. The fourth-order valence-electron chi connectivity index (χ4n) is 4.10. The van der Waals surface area contributed by atoms with Crippen molar-refractivity contribution in [3.8, 4) is 5.75 Å². The van der Waals surface area contributed by atoms with Gasteiger partial charge in [0.25, 0.3) is 0 Å². The third-order valence-electron chi connectivity index (χ3n) is 5.88. The molecule has 3 N–H and O–H groups in total. The minimum Gasteiger partial charge on any atom is -0.497 e. The van der Waals surface area contributed by atoms with Gasteiger partial charge in [-0.25, -0.2) is 0 Å². The molecule has 0 bridgehead atoms. The summed E-state index contributed by atoms with van der Waals surface area (Å²) in [4.78, 5) is 22.7. The fraction of sp³-hybridized carbons (Fsp3) is 0.375. The van der Waals surface area contributed by atoms with Crippen molar-refractivity contribution in [3.63, 3.8) is 0 Å². The number of β-amino-alcohol motifs (C(OH)–C–C–N with tert-alkyl or cyclic N) is 1. The minimum absolute atomic E-state index is 0.0611. The van der Waals surface area contributed by atoms with E-state index in [0.717, 1.165) is 53.8 Å². The van der Waals surface area contributed by atoms with Gasteiger partial charge in [0.1, 0.15) is 5.75 Å². The summed E-state index contributed by atoms with van der Waals surface area (Å²) >= 11 is 0. The number of nitrogens with zero attached hydrogens (tertiary/aromatic N) is 3. The number of aromatic nitrogens is 2. The Bertz CT molecular complexity index is 1040. The van der Waals surface area contributed by atoms with Gasteiger partial charge in [-0.3, -0.25) is 14.8 Å². The Morgan fingerprint density at radius 1 is 1.19 bits per heavy atom. The van der Waals surface area contributed by atoms with Crippen molar-refractivity contribution in [2.75, 3.05) is 38.6 Å². The van der Waals surface area contributed by atoms with Crippen molar-refractivity contribution in [1.29, 1.82) is 0 Å². The molecule has 2 aromatic heterocycles. The molecule has 1 fully saturated rings. The molecule has 8 heteroatoms. The lowest BCUT2D eigenvalue weighted by Crippen LogP contribution is -2.45. The third kappa shape index (κ3) is 5.59.